The number of nitriles is 1. The minimum absolute atomic E-state index is 0.241. The molecule has 1 aromatic heterocycles. The SMILES string of the molecule is N#Cc1cccnc1SCc1ccc(F)cc1. The van der Waals surface area contributed by atoms with Gasteiger partial charge in [0.1, 0.15) is 16.9 Å². The molecule has 0 aliphatic carbocycles. The maximum absolute atomic E-state index is 12.7. The Morgan fingerprint density at radius 2 is 2.00 bits per heavy atom. The standard InChI is InChI=1S/C13H9FN2S/c14-12-5-3-10(4-6-12)9-17-13-11(8-15)2-1-7-16-13/h1-7H,9H2. The van der Waals surface area contributed by atoms with E-state index in [1.54, 1.807) is 30.5 Å². The van der Waals surface area contributed by atoms with E-state index in [4.69, 9.17) is 5.26 Å². The highest BCUT2D eigenvalue weighted by Gasteiger charge is 2.03. The van der Waals surface area contributed by atoms with Gasteiger partial charge in [0, 0.05) is 11.9 Å². The predicted octanol–water partition coefficient (Wildman–Crippen LogP) is 3.38. The fraction of sp³-hybridized carbons (Fsp3) is 0.0769. The van der Waals surface area contributed by atoms with Crippen molar-refractivity contribution in [3.05, 3.63) is 59.5 Å². The van der Waals surface area contributed by atoms with Crippen LogP contribution in [0.3, 0.4) is 0 Å². The molecule has 0 saturated heterocycles. The molecule has 84 valence electrons. The van der Waals surface area contributed by atoms with Crippen molar-refractivity contribution in [2.45, 2.75) is 10.8 Å². The smallest absolute Gasteiger partial charge is 0.123 e. The van der Waals surface area contributed by atoms with Crippen molar-refractivity contribution in [1.29, 1.82) is 5.26 Å². The van der Waals surface area contributed by atoms with Gasteiger partial charge < -0.3 is 0 Å². The quantitative estimate of drug-likeness (QED) is 0.776. The maximum atomic E-state index is 12.7. The summed E-state index contributed by atoms with van der Waals surface area (Å²) in [6.07, 6.45) is 1.66. The fourth-order valence-electron chi connectivity index (χ4n) is 1.32. The molecule has 0 bridgehead atoms. The van der Waals surface area contributed by atoms with Gasteiger partial charge in [-0.05, 0) is 29.8 Å². The Morgan fingerprint density at radius 1 is 1.24 bits per heavy atom. The third-order valence-electron chi connectivity index (χ3n) is 2.18. The molecule has 2 nitrogen and oxygen atoms in total. The van der Waals surface area contributed by atoms with E-state index in [9.17, 15) is 4.39 Å². The van der Waals surface area contributed by atoms with E-state index in [1.807, 2.05) is 0 Å². The average molecular weight is 244 g/mol. The van der Waals surface area contributed by atoms with Crippen molar-refractivity contribution in [1.82, 2.24) is 4.98 Å². The van der Waals surface area contributed by atoms with E-state index in [1.165, 1.54) is 23.9 Å². The summed E-state index contributed by atoms with van der Waals surface area (Å²) in [6.45, 7) is 0. The van der Waals surface area contributed by atoms with Crippen LogP contribution in [0.25, 0.3) is 0 Å². The number of halogens is 1. The minimum atomic E-state index is -0.241. The molecule has 0 amide bonds. The molecule has 17 heavy (non-hydrogen) atoms. The Hall–Kier alpha value is -1.86. The zero-order chi connectivity index (χ0) is 12.1. The summed E-state index contributed by atoms with van der Waals surface area (Å²) in [5, 5.41) is 9.61. The van der Waals surface area contributed by atoms with Gasteiger partial charge in [0.25, 0.3) is 0 Å². The maximum Gasteiger partial charge on any atom is 0.123 e. The number of rotatable bonds is 3. The number of nitrogens with zero attached hydrogens (tertiary/aromatic N) is 2. The molecule has 0 fully saturated rings. The highest BCUT2D eigenvalue weighted by molar-refractivity contribution is 7.98. The summed E-state index contributed by atoms with van der Waals surface area (Å²) in [6, 6.07) is 11.9. The van der Waals surface area contributed by atoms with Crippen molar-refractivity contribution in [2.75, 3.05) is 0 Å². The minimum Gasteiger partial charge on any atom is -0.249 e. The lowest BCUT2D eigenvalue weighted by Crippen LogP contribution is -1.87. The molecular weight excluding hydrogens is 235 g/mol. The van der Waals surface area contributed by atoms with E-state index < -0.39 is 0 Å². The molecule has 4 heteroatoms. The third kappa shape index (κ3) is 3.05. The van der Waals surface area contributed by atoms with Gasteiger partial charge in [0.05, 0.1) is 5.56 Å². The van der Waals surface area contributed by atoms with Crippen molar-refractivity contribution in [2.24, 2.45) is 0 Å². The van der Waals surface area contributed by atoms with Crippen LogP contribution < -0.4 is 0 Å². The molecule has 0 unspecified atom stereocenters. The Balaban J connectivity index is 2.08. The number of benzene rings is 1. The molecule has 1 aromatic carbocycles. The highest BCUT2D eigenvalue weighted by Crippen LogP contribution is 2.23. The number of pyridine rings is 1. The van der Waals surface area contributed by atoms with Gasteiger partial charge in [-0.2, -0.15) is 5.26 Å². The third-order valence-corrected chi connectivity index (χ3v) is 3.26. The van der Waals surface area contributed by atoms with Crippen LogP contribution in [0.15, 0.2) is 47.6 Å². The Kier molecular flexibility index (Phi) is 3.73. The van der Waals surface area contributed by atoms with Crippen LogP contribution in [-0.4, -0.2) is 4.98 Å². The van der Waals surface area contributed by atoms with Crippen LogP contribution in [0.4, 0.5) is 4.39 Å². The first-order chi connectivity index (χ1) is 8.29. The molecule has 0 N–H and O–H groups in total. The molecule has 2 rings (SSSR count). The molecule has 0 aliphatic rings. The van der Waals surface area contributed by atoms with Crippen molar-refractivity contribution in [3.8, 4) is 6.07 Å². The Morgan fingerprint density at radius 3 is 2.71 bits per heavy atom. The van der Waals surface area contributed by atoms with Crippen LogP contribution in [-0.2, 0) is 5.75 Å². The van der Waals surface area contributed by atoms with Crippen molar-refractivity contribution >= 4 is 11.8 Å². The second kappa shape index (κ2) is 5.46. The zero-order valence-corrected chi connectivity index (χ0v) is 9.75. The van der Waals surface area contributed by atoms with E-state index in [0.29, 0.717) is 16.3 Å². The van der Waals surface area contributed by atoms with E-state index in [0.717, 1.165) is 5.56 Å². The second-order valence-corrected chi connectivity index (χ2v) is 4.35. The van der Waals surface area contributed by atoms with Crippen LogP contribution >= 0.6 is 11.8 Å². The van der Waals surface area contributed by atoms with Crippen molar-refractivity contribution in [3.63, 3.8) is 0 Å². The summed E-state index contributed by atoms with van der Waals surface area (Å²) in [5.74, 6) is 0.431. The van der Waals surface area contributed by atoms with Gasteiger partial charge in [0.2, 0.25) is 0 Å². The van der Waals surface area contributed by atoms with Crippen LogP contribution in [0.2, 0.25) is 0 Å². The topological polar surface area (TPSA) is 36.7 Å². The first-order valence-corrected chi connectivity index (χ1v) is 6.00. The van der Waals surface area contributed by atoms with Gasteiger partial charge in [-0.25, -0.2) is 9.37 Å². The lowest BCUT2D eigenvalue weighted by Gasteiger charge is -2.02. The largest absolute Gasteiger partial charge is 0.249 e. The zero-order valence-electron chi connectivity index (χ0n) is 8.93. The van der Waals surface area contributed by atoms with E-state index >= 15 is 0 Å². The normalized spacial score (nSPS) is 9.88. The summed E-state index contributed by atoms with van der Waals surface area (Å²) in [7, 11) is 0. The summed E-state index contributed by atoms with van der Waals surface area (Å²) in [5.41, 5.74) is 1.57. The fourth-order valence-corrected chi connectivity index (χ4v) is 2.22. The summed E-state index contributed by atoms with van der Waals surface area (Å²) >= 11 is 1.47. The lowest BCUT2D eigenvalue weighted by atomic mass is 10.2. The predicted molar refractivity (Wildman–Crippen MR) is 64.9 cm³/mol. The van der Waals surface area contributed by atoms with Gasteiger partial charge in [0.15, 0.2) is 0 Å². The second-order valence-electron chi connectivity index (χ2n) is 3.38. The molecular formula is C13H9FN2S. The monoisotopic (exact) mass is 244 g/mol. The number of hydrogen-bond donors (Lipinski definition) is 0. The number of thioether (sulfide) groups is 1. The van der Waals surface area contributed by atoms with E-state index in [2.05, 4.69) is 11.1 Å². The summed E-state index contributed by atoms with van der Waals surface area (Å²) in [4.78, 5) is 4.15. The van der Waals surface area contributed by atoms with Gasteiger partial charge in [-0.3, -0.25) is 0 Å². The highest BCUT2D eigenvalue weighted by atomic mass is 32.2. The molecule has 2 aromatic rings. The van der Waals surface area contributed by atoms with Crippen molar-refractivity contribution < 1.29 is 4.39 Å². The average Bonchev–Trinajstić information content (AvgIpc) is 2.38. The molecule has 0 atom stereocenters. The van der Waals surface area contributed by atoms with Gasteiger partial charge >= 0.3 is 0 Å². The molecule has 0 radical (unpaired) electrons. The summed E-state index contributed by atoms with van der Waals surface area (Å²) < 4.78 is 12.7. The number of aromatic nitrogens is 1. The van der Waals surface area contributed by atoms with E-state index in [-0.39, 0.29) is 5.82 Å². The first kappa shape index (κ1) is 11.6. The van der Waals surface area contributed by atoms with Crippen LogP contribution in [0.5, 0.6) is 0 Å². The molecule has 0 saturated carbocycles. The first-order valence-electron chi connectivity index (χ1n) is 5.02. The van der Waals surface area contributed by atoms with Gasteiger partial charge in [-0.15, -0.1) is 11.8 Å². The van der Waals surface area contributed by atoms with Crippen LogP contribution in [0.1, 0.15) is 11.1 Å². The molecule has 1 heterocycles. The molecule has 0 aliphatic heterocycles. The van der Waals surface area contributed by atoms with Crippen LogP contribution in [0, 0.1) is 17.1 Å². The number of hydrogen-bond acceptors (Lipinski definition) is 3. The Bertz CT molecular complexity index is 546. The lowest BCUT2D eigenvalue weighted by molar-refractivity contribution is 0.627. The van der Waals surface area contributed by atoms with Gasteiger partial charge in [-0.1, -0.05) is 12.1 Å². The Labute approximate surface area is 103 Å². The molecule has 0 spiro atoms.